The van der Waals surface area contributed by atoms with Gasteiger partial charge in [0.2, 0.25) is 21.9 Å². The molecule has 2 saturated heterocycles. The third kappa shape index (κ3) is 5.19. The lowest BCUT2D eigenvalue weighted by Gasteiger charge is -2.41. The van der Waals surface area contributed by atoms with Crippen molar-refractivity contribution in [2.24, 2.45) is 0 Å². The van der Waals surface area contributed by atoms with E-state index in [0.717, 1.165) is 25.0 Å². The van der Waals surface area contributed by atoms with Crippen molar-refractivity contribution in [2.75, 3.05) is 18.5 Å². The van der Waals surface area contributed by atoms with Crippen molar-refractivity contribution in [3.63, 3.8) is 0 Å². The molecule has 3 heterocycles. The summed E-state index contributed by atoms with van der Waals surface area (Å²) in [6.45, 7) is 6.31. The molecule has 1 aliphatic carbocycles. The monoisotopic (exact) mass is 512 g/mol. The number of rotatable bonds is 5. The molecule has 1 saturated carbocycles. The molecular formula is C25H38F2N4O3S. The van der Waals surface area contributed by atoms with Gasteiger partial charge in [0.1, 0.15) is 16.8 Å². The van der Waals surface area contributed by atoms with Crippen LogP contribution in [-0.2, 0) is 14.8 Å². The van der Waals surface area contributed by atoms with Crippen LogP contribution in [0.1, 0.15) is 77.3 Å². The Kier molecular flexibility index (Phi) is 7.44. The summed E-state index contributed by atoms with van der Waals surface area (Å²) in [4.78, 5) is 21.9. The summed E-state index contributed by atoms with van der Waals surface area (Å²) < 4.78 is 56.6. The highest BCUT2D eigenvalue weighted by molar-refractivity contribution is 7.89. The molecule has 3 aliphatic rings. The molecule has 1 amide bonds. The van der Waals surface area contributed by atoms with Crippen LogP contribution in [0.3, 0.4) is 0 Å². The lowest BCUT2D eigenvalue weighted by Crippen LogP contribution is -2.51. The molecule has 0 bridgehead atoms. The highest BCUT2D eigenvalue weighted by Gasteiger charge is 2.45. The van der Waals surface area contributed by atoms with Crippen molar-refractivity contribution in [1.82, 2.24) is 14.2 Å². The van der Waals surface area contributed by atoms with Crippen molar-refractivity contribution in [2.45, 2.75) is 114 Å². The van der Waals surface area contributed by atoms with E-state index in [1.165, 1.54) is 9.21 Å². The molecule has 10 heteroatoms. The molecular weight excluding hydrogens is 474 g/mol. The molecule has 4 rings (SSSR count). The number of amides is 1. The molecule has 3 atom stereocenters. The van der Waals surface area contributed by atoms with Gasteiger partial charge in [-0.15, -0.1) is 0 Å². The predicted octanol–water partition coefficient (Wildman–Crippen LogP) is 4.35. The zero-order chi connectivity index (χ0) is 25.5. The number of pyridine rings is 1. The van der Waals surface area contributed by atoms with Gasteiger partial charge in [0, 0.05) is 50.3 Å². The van der Waals surface area contributed by atoms with Crippen molar-refractivity contribution >= 4 is 21.7 Å². The first kappa shape index (κ1) is 26.3. The Bertz CT molecular complexity index is 1030. The number of anilines is 1. The minimum atomic E-state index is -4.00. The van der Waals surface area contributed by atoms with Crippen LogP contribution in [0, 0.1) is 6.92 Å². The van der Waals surface area contributed by atoms with E-state index in [2.05, 4.69) is 23.7 Å². The van der Waals surface area contributed by atoms with Crippen LogP contribution in [0.2, 0.25) is 0 Å². The second kappa shape index (κ2) is 9.92. The van der Waals surface area contributed by atoms with E-state index in [9.17, 15) is 22.0 Å². The van der Waals surface area contributed by atoms with Crippen molar-refractivity contribution < 1.29 is 22.0 Å². The summed E-state index contributed by atoms with van der Waals surface area (Å²) in [5.41, 5.74) is 0.742. The Labute approximate surface area is 207 Å². The minimum absolute atomic E-state index is 0.142. The van der Waals surface area contributed by atoms with Crippen LogP contribution in [0.15, 0.2) is 17.0 Å². The molecule has 2 aliphatic heterocycles. The topological polar surface area (TPSA) is 73.8 Å². The third-order valence-corrected chi connectivity index (χ3v) is 10.0. The maximum absolute atomic E-state index is 14.0. The summed E-state index contributed by atoms with van der Waals surface area (Å²) in [7, 11) is -2.38. The molecule has 1 aromatic heterocycles. The van der Waals surface area contributed by atoms with Gasteiger partial charge in [-0.1, -0.05) is 0 Å². The molecule has 0 aromatic carbocycles. The Morgan fingerprint density at radius 3 is 2.31 bits per heavy atom. The molecule has 3 fully saturated rings. The van der Waals surface area contributed by atoms with E-state index in [1.54, 1.807) is 19.2 Å². The summed E-state index contributed by atoms with van der Waals surface area (Å²) in [5, 5.41) is 0. The number of hydrogen-bond acceptors (Lipinski definition) is 5. The fraction of sp³-hybridized carbons (Fsp3) is 0.760. The van der Waals surface area contributed by atoms with Gasteiger partial charge in [-0.05, 0) is 77.8 Å². The lowest BCUT2D eigenvalue weighted by atomic mass is 9.91. The van der Waals surface area contributed by atoms with E-state index < -0.39 is 22.0 Å². The first-order valence-electron chi connectivity index (χ1n) is 12.8. The maximum Gasteiger partial charge on any atom is 0.248 e. The highest BCUT2D eigenvalue weighted by atomic mass is 32.2. The van der Waals surface area contributed by atoms with E-state index >= 15 is 0 Å². The summed E-state index contributed by atoms with van der Waals surface area (Å²) in [5.74, 6) is -2.52. The summed E-state index contributed by atoms with van der Waals surface area (Å²) in [6.07, 6.45) is 4.00. The number of piperidine rings is 1. The van der Waals surface area contributed by atoms with Crippen LogP contribution in [-0.4, -0.2) is 72.2 Å². The smallest absolute Gasteiger partial charge is 0.248 e. The van der Waals surface area contributed by atoms with E-state index in [0.29, 0.717) is 18.7 Å². The number of carbonyl (C=O) groups is 1. The van der Waals surface area contributed by atoms with Crippen LogP contribution in [0.5, 0.6) is 0 Å². The second-order valence-electron chi connectivity index (χ2n) is 10.6. The average Bonchev–Trinajstić information content (AvgIpc) is 3.29. The summed E-state index contributed by atoms with van der Waals surface area (Å²) in [6, 6.07) is 2.53. The Morgan fingerprint density at radius 1 is 1.06 bits per heavy atom. The fourth-order valence-electron chi connectivity index (χ4n) is 5.98. The molecule has 35 heavy (non-hydrogen) atoms. The van der Waals surface area contributed by atoms with Crippen LogP contribution < -0.4 is 4.90 Å². The Balaban J connectivity index is 1.62. The number of carbonyl (C=O) groups excluding carboxylic acids is 1. The van der Waals surface area contributed by atoms with Crippen LogP contribution in [0.25, 0.3) is 0 Å². The number of nitrogens with zero attached hydrogens (tertiary/aromatic N) is 4. The molecule has 0 N–H and O–H groups in total. The van der Waals surface area contributed by atoms with Crippen LogP contribution >= 0.6 is 0 Å². The van der Waals surface area contributed by atoms with Gasteiger partial charge in [0.15, 0.2) is 0 Å². The second-order valence-corrected chi connectivity index (χ2v) is 12.5. The molecule has 0 spiro atoms. The maximum atomic E-state index is 14.0. The number of sulfonamides is 1. The zero-order valence-electron chi connectivity index (χ0n) is 21.2. The van der Waals surface area contributed by atoms with Gasteiger partial charge in [-0.2, -0.15) is 4.31 Å². The van der Waals surface area contributed by atoms with Crippen molar-refractivity contribution in [1.29, 1.82) is 0 Å². The number of likely N-dealkylation sites (N-methyl/N-ethyl adjacent to an activating group) is 1. The molecule has 7 nitrogen and oxygen atoms in total. The third-order valence-electron chi connectivity index (χ3n) is 8.07. The van der Waals surface area contributed by atoms with Crippen molar-refractivity contribution in [3.8, 4) is 0 Å². The molecule has 0 unspecified atom stereocenters. The first-order valence-corrected chi connectivity index (χ1v) is 14.3. The number of halogens is 2. The molecule has 196 valence electrons. The molecule has 0 radical (unpaired) electrons. The van der Waals surface area contributed by atoms with Gasteiger partial charge in [-0.3, -0.25) is 4.79 Å². The number of hydrogen-bond donors (Lipinski definition) is 0. The lowest BCUT2D eigenvalue weighted by molar-refractivity contribution is -0.138. The van der Waals surface area contributed by atoms with Gasteiger partial charge in [-0.25, -0.2) is 22.2 Å². The predicted molar refractivity (Wildman–Crippen MR) is 131 cm³/mol. The highest BCUT2D eigenvalue weighted by Crippen LogP contribution is 2.38. The number of alkyl halides is 2. The zero-order valence-corrected chi connectivity index (χ0v) is 22.0. The first-order chi connectivity index (χ1) is 16.4. The average molecular weight is 513 g/mol. The number of aromatic nitrogens is 1. The molecule has 1 aromatic rings. The SMILES string of the molecule is Cc1ccc(S(=O)(=O)N2CCC[C@H]2C(=O)N(C)C2CCC(F)(F)CC2)c(N2[C@@H](C)CCC[C@@H]2C)n1. The fourth-order valence-corrected chi connectivity index (χ4v) is 7.76. The minimum Gasteiger partial charge on any atom is -0.350 e. The van der Waals surface area contributed by atoms with Crippen LogP contribution in [0.4, 0.5) is 14.6 Å². The Morgan fingerprint density at radius 2 is 1.69 bits per heavy atom. The van der Waals surface area contributed by atoms with Gasteiger partial charge in [0.05, 0.1) is 0 Å². The van der Waals surface area contributed by atoms with E-state index in [-0.39, 0.29) is 61.2 Å². The van der Waals surface area contributed by atoms with E-state index in [1.807, 2.05) is 6.92 Å². The summed E-state index contributed by atoms with van der Waals surface area (Å²) >= 11 is 0. The van der Waals surface area contributed by atoms with E-state index in [4.69, 9.17) is 0 Å². The Hall–Kier alpha value is -1.81. The van der Waals surface area contributed by atoms with Gasteiger partial charge < -0.3 is 9.80 Å². The standard InChI is InChI=1S/C25H38F2N4O3S/c1-17-10-11-22(23(28-17)31-18(2)7-5-8-19(31)3)35(33,34)30-16-6-9-21(30)24(32)29(4)20-12-14-25(26,27)15-13-20/h10-11,18-21H,5-9,12-16H2,1-4H3/t18-,19-,21-/m0/s1. The largest absolute Gasteiger partial charge is 0.350 e. The normalized spacial score (nSPS) is 28.3. The quantitative estimate of drug-likeness (QED) is 0.587. The number of aryl methyl sites for hydroxylation is 1. The van der Waals surface area contributed by atoms with Gasteiger partial charge >= 0.3 is 0 Å². The van der Waals surface area contributed by atoms with Gasteiger partial charge in [0.25, 0.3) is 0 Å². The van der Waals surface area contributed by atoms with Crippen molar-refractivity contribution in [3.05, 3.63) is 17.8 Å².